The van der Waals surface area contributed by atoms with Gasteiger partial charge in [0, 0.05) is 44.3 Å². The van der Waals surface area contributed by atoms with Crippen LogP contribution in [0.4, 0.5) is 0 Å². The molecule has 2 rings (SSSR count). The fourth-order valence-corrected chi connectivity index (χ4v) is 5.06. The van der Waals surface area contributed by atoms with Gasteiger partial charge in [0.2, 0.25) is 0 Å². The van der Waals surface area contributed by atoms with Crippen LogP contribution in [-0.4, -0.2) is 98.2 Å². The Morgan fingerprint density at radius 3 is 2.14 bits per heavy atom. The van der Waals surface area contributed by atoms with E-state index < -0.39 is 0 Å². The first-order valence-corrected chi connectivity index (χ1v) is 12.0. The summed E-state index contributed by atoms with van der Waals surface area (Å²) < 4.78 is 0. The number of hydrogen-bond acceptors (Lipinski definition) is 4. The lowest BCUT2D eigenvalue weighted by atomic mass is 9.84. The summed E-state index contributed by atoms with van der Waals surface area (Å²) in [7, 11) is 4.15. The molecule has 29 heavy (non-hydrogen) atoms. The van der Waals surface area contributed by atoms with E-state index in [-0.39, 0.29) is 5.54 Å². The SMILES string of the molecule is CN=C(NCCCN(C(C)C)C(C)C)NCC1(N2CCCCC2)CCN(C)CC1. The first-order valence-electron chi connectivity index (χ1n) is 12.0. The number of nitrogens with one attached hydrogen (secondary N) is 2. The van der Waals surface area contributed by atoms with Crippen molar-refractivity contribution in [3.05, 3.63) is 0 Å². The smallest absolute Gasteiger partial charge is 0.191 e. The molecule has 2 fully saturated rings. The zero-order valence-electron chi connectivity index (χ0n) is 20.1. The second kappa shape index (κ2) is 12.1. The molecule has 2 N–H and O–H groups in total. The number of piperidine rings is 2. The van der Waals surface area contributed by atoms with Crippen LogP contribution >= 0.6 is 0 Å². The lowest BCUT2D eigenvalue weighted by Gasteiger charge is -2.50. The van der Waals surface area contributed by atoms with Gasteiger partial charge in [0.15, 0.2) is 5.96 Å². The summed E-state index contributed by atoms with van der Waals surface area (Å²) in [6.07, 6.45) is 7.75. The van der Waals surface area contributed by atoms with Crippen LogP contribution in [0.25, 0.3) is 0 Å². The third-order valence-electron chi connectivity index (χ3n) is 6.97. The molecule has 0 saturated carbocycles. The molecule has 2 aliphatic heterocycles. The number of likely N-dealkylation sites (tertiary alicyclic amines) is 2. The van der Waals surface area contributed by atoms with Crippen molar-refractivity contribution in [3.8, 4) is 0 Å². The summed E-state index contributed by atoms with van der Waals surface area (Å²) in [6, 6.07) is 1.20. The molecule has 0 aliphatic carbocycles. The molecule has 0 amide bonds. The number of guanidine groups is 1. The molecule has 0 aromatic carbocycles. The van der Waals surface area contributed by atoms with Gasteiger partial charge < -0.3 is 15.5 Å². The molecule has 6 heteroatoms. The first-order chi connectivity index (χ1) is 13.9. The van der Waals surface area contributed by atoms with Crippen molar-refractivity contribution in [2.75, 3.05) is 59.9 Å². The number of aliphatic imine (C=N–C) groups is 1. The summed E-state index contributed by atoms with van der Waals surface area (Å²) in [5, 5.41) is 7.25. The second-order valence-corrected chi connectivity index (χ2v) is 9.71. The van der Waals surface area contributed by atoms with Crippen molar-refractivity contribution in [2.24, 2.45) is 4.99 Å². The lowest BCUT2D eigenvalue weighted by Crippen LogP contribution is -2.62. The predicted molar refractivity (Wildman–Crippen MR) is 126 cm³/mol. The van der Waals surface area contributed by atoms with E-state index in [1.54, 1.807) is 0 Å². The molecular formula is C23H48N6. The van der Waals surface area contributed by atoms with Crippen LogP contribution in [0, 0.1) is 0 Å². The highest BCUT2D eigenvalue weighted by Crippen LogP contribution is 2.30. The van der Waals surface area contributed by atoms with Gasteiger partial charge in [0.05, 0.1) is 0 Å². The normalized spacial score (nSPS) is 21.9. The molecule has 0 unspecified atom stereocenters. The molecule has 0 atom stereocenters. The van der Waals surface area contributed by atoms with Crippen molar-refractivity contribution in [1.82, 2.24) is 25.3 Å². The van der Waals surface area contributed by atoms with Gasteiger partial charge in [-0.15, -0.1) is 0 Å². The predicted octanol–water partition coefficient (Wildman–Crippen LogP) is 2.61. The molecule has 6 nitrogen and oxygen atoms in total. The largest absolute Gasteiger partial charge is 0.356 e. The minimum Gasteiger partial charge on any atom is -0.356 e. The van der Waals surface area contributed by atoms with E-state index in [2.05, 4.69) is 65.1 Å². The summed E-state index contributed by atoms with van der Waals surface area (Å²) in [5.74, 6) is 0.959. The molecular weight excluding hydrogens is 360 g/mol. The number of rotatable bonds is 9. The third kappa shape index (κ3) is 7.41. The van der Waals surface area contributed by atoms with Gasteiger partial charge in [-0.2, -0.15) is 0 Å². The zero-order valence-corrected chi connectivity index (χ0v) is 20.1. The maximum atomic E-state index is 4.50. The third-order valence-corrected chi connectivity index (χ3v) is 6.97. The standard InChI is InChI=1S/C23H48N6/c1-20(2)29(21(3)4)16-10-13-25-22(24-5)26-19-23(11-17-27(6)18-12-23)28-14-8-7-9-15-28/h20-21H,7-19H2,1-6H3,(H2,24,25,26). The zero-order chi connectivity index (χ0) is 21.3. The highest BCUT2D eigenvalue weighted by atomic mass is 15.3. The molecule has 170 valence electrons. The van der Waals surface area contributed by atoms with Crippen LogP contribution in [0.1, 0.15) is 66.2 Å². The van der Waals surface area contributed by atoms with Crippen LogP contribution < -0.4 is 10.6 Å². The number of hydrogen-bond donors (Lipinski definition) is 2. The Kier molecular flexibility index (Phi) is 10.2. The Bertz CT molecular complexity index is 468. The Labute approximate surface area is 180 Å². The average molecular weight is 409 g/mol. The van der Waals surface area contributed by atoms with Gasteiger partial charge in [-0.25, -0.2) is 0 Å². The molecule has 2 aliphatic rings. The minimum atomic E-state index is 0.288. The summed E-state index contributed by atoms with van der Waals surface area (Å²) >= 11 is 0. The molecule has 0 spiro atoms. The summed E-state index contributed by atoms with van der Waals surface area (Å²) in [4.78, 5) is 12.3. The lowest BCUT2D eigenvalue weighted by molar-refractivity contribution is 0.0173. The Morgan fingerprint density at radius 1 is 0.966 bits per heavy atom. The van der Waals surface area contributed by atoms with Crippen molar-refractivity contribution in [1.29, 1.82) is 0 Å². The molecule has 2 saturated heterocycles. The molecule has 2 heterocycles. The second-order valence-electron chi connectivity index (χ2n) is 9.71. The van der Waals surface area contributed by atoms with Gasteiger partial charge >= 0.3 is 0 Å². The van der Waals surface area contributed by atoms with Crippen molar-refractivity contribution >= 4 is 5.96 Å². The van der Waals surface area contributed by atoms with Crippen molar-refractivity contribution in [3.63, 3.8) is 0 Å². The van der Waals surface area contributed by atoms with Crippen LogP contribution in [0.5, 0.6) is 0 Å². The Hall–Kier alpha value is -0.850. The molecule has 0 radical (unpaired) electrons. The first kappa shape index (κ1) is 24.4. The average Bonchev–Trinajstić information content (AvgIpc) is 2.71. The fraction of sp³-hybridized carbons (Fsp3) is 0.957. The van der Waals surface area contributed by atoms with Gasteiger partial charge in [-0.05, 0) is 93.0 Å². The van der Waals surface area contributed by atoms with E-state index in [0.29, 0.717) is 12.1 Å². The monoisotopic (exact) mass is 408 g/mol. The number of nitrogens with zero attached hydrogens (tertiary/aromatic N) is 4. The van der Waals surface area contributed by atoms with E-state index >= 15 is 0 Å². The quantitative estimate of drug-likeness (QED) is 0.349. The van der Waals surface area contributed by atoms with Crippen molar-refractivity contribution < 1.29 is 0 Å². The molecule has 0 bridgehead atoms. The van der Waals surface area contributed by atoms with Crippen molar-refractivity contribution in [2.45, 2.75) is 83.8 Å². The van der Waals surface area contributed by atoms with E-state index in [9.17, 15) is 0 Å². The van der Waals surface area contributed by atoms with Crippen LogP contribution in [0.15, 0.2) is 4.99 Å². The van der Waals surface area contributed by atoms with Crippen LogP contribution in [-0.2, 0) is 0 Å². The van der Waals surface area contributed by atoms with E-state index in [1.165, 1.54) is 58.3 Å². The molecule has 0 aromatic rings. The van der Waals surface area contributed by atoms with E-state index in [4.69, 9.17) is 0 Å². The topological polar surface area (TPSA) is 46.1 Å². The van der Waals surface area contributed by atoms with Gasteiger partial charge in [-0.3, -0.25) is 14.8 Å². The highest BCUT2D eigenvalue weighted by molar-refractivity contribution is 5.79. The Morgan fingerprint density at radius 2 is 1.59 bits per heavy atom. The van der Waals surface area contributed by atoms with Crippen LogP contribution in [0.3, 0.4) is 0 Å². The Balaban J connectivity index is 1.83. The fourth-order valence-electron chi connectivity index (χ4n) is 5.06. The van der Waals surface area contributed by atoms with E-state index in [0.717, 1.165) is 32.0 Å². The highest BCUT2D eigenvalue weighted by Gasteiger charge is 2.39. The maximum absolute atomic E-state index is 4.50. The maximum Gasteiger partial charge on any atom is 0.191 e. The van der Waals surface area contributed by atoms with Gasteiger partial charge in [0.25, 0.3) is 0 Å². The van der Waals surface area contributed by atoms with E-state index in [1.807, 2.05) is 7.05 Å². The van der Waals surface area contributed by atoms with Gasteiger partial charge in [-0.1, -0.05) is 6.42 Å². The summed E-state index contributed by atoms with van der Waals surface area (Å²) in [6.45, 7) is 17.2. The minimum absolute atomic E-state index is 0.288. The molecule has 0 aromatic heterocycles. The van der Waals surface area contributed by atoms with Crippen LogP contribution in [0.2, 0.25) is 0 Å². The van der Waals surface area contributed by atoms with Gasteiger partial charge in [0.1, 0.15) is 0 Å². The summed E-state index contributed by atoms with van der Waals surface area (Å²) in [5.41, 5.74) is 0.288.